The summed E-state index contributed by atoms with van der Waals surface area (Å²) in [7, 11) is 0. The highest BCUT2D eigenvalue weighted by atomic mass is 35.5. The van der Waals surface area contributed by atoms with Crippen LogP contribution in [0.15, 0.2) is 53.7 Å². The minimum Gasteiger partial charge on any atom is -0.428 e. The number of hydrogen-bond acceptors (Lipinski definition) is 4. The first kappa shape index (κ1) is 21.4. The van der Waals surface area contributed by atoms with Gasteiger partial charge in [0.25, 0.3) is 0 Å². The van der Waals surface area contributed by atoms with Crippen molar-refractivity contribution in [2.24, 2.45) is 4.99 Å². The lowest BCUT2D eigenvalue weighted by Gasteiger charge is -2.25. The van der Waals surface area contributed by atoms with E-state index in [2.05, 4.69) is 4.99 Å². The van der Waals surface area contributed by atoms with E-state index in [1.807, 2.05) is 11.0 Å². The zero-order valence-electron chi connectivity index (χ0n) is 15.8. The highest BCUT2D eigenvalue weighted by Crippen LogP contribution is 2.44. The topological polar surface area (TPSA) is 57.8 Å². The van der Waals surface area contributed by atoms with E-state index in [-0.39, 0.29) is 11.3 Å². The van der Waals surface area contributed by atoms with Gasteiger partial charge in [-0.25, -0.2) is 0 Å². The Hall–Kier alpha value is -1.86. The third-order valence-electron chi connectivity index (χ3n) is 4.91. The van der Waals surface area contributed by atoms with Crippen LogP contribution in [0.5, 0.6) is 0 Å². The predicted molar refractivity (Wildman–Crippen MR) is 123 cm³/mol. The fourth-order valence-corrected chi connectivity index (χ4v) is 5.67. The van der Waals surface area contributed by atoms with Crippen LogP contribution in [0.4, 0.5) is 0 Å². The summed E-state index contributed by atoms with van der Waals surface area (Å²) >= 11 is 20.3. The predicted octanol–water partition coefficient (Wildman–Crippen LogP) is 5.40. The van der Waals surface area contributed by atoms with Gasteiger partial charge in [0.05, 0.1) is 16.6 Å². The number of carbonyl (C=O) groups excluding carboxylic acids is 1. The highest BCUT2D eigenvalue weighted by Gasteiger charge is 2.34. The van der Waals surface area contributed by atoms with E-state index < -0.39 is 0 Å². The first-order valence-electron chi connectivity index (χ1n) is 9.31. The Kier molecular flexibility index (Phi) is 6.48. The molecule has 0 saturated carbocycles. The van der Waals surface area contributed by atoms with Crippen LogP contribution < -0.4 is 5.36 Å². The normalized spacial score (nSPS) is 17.3. The molecule has 1 aliphatic heterocycles. The van der Waals surface area contributed by atoms with E-state index in [4.69, 9.17) is 34.8 Å². The molecule has 0 aliphatic carbocycles. The van der Waals surface area contributed by atoms with E-state index >= 15 is 0 Å². The lowest BCUT2D eigenvalue weighted by Crippen LogP contribution is -2.30. The van der Waals surface area contributed by atoms with Gasteiger partial charge in [-0.05, 0) is 42.8 Å². The van der Waals surface area contributed by atoms with E-state index in [0.717, 1.165) is 21.0 Å². The molecule has 1 aromatic heterocycles. The smallest absolute Gasteiger partial charge is 0.233 e. The SMILES string of the molecule is O=C1CSC(c2c(Cl)cccc2Cl)N1CCCN=c1ccn(O)c2cc(Cl)ccc12. The minimum absolute atomic E-state index is 0.0714. The fraction of sp³-hybridized carbons (Fsp3) is 0.238. The van der Waals surface area contributed by atoms with E-state index in [1.54, 1.807) is 36.4 Å². The van der Waals surface area contributed by atoms with Crippen molar-refractivity contribution in [2.75, 3.05) is 18.8 Å². The molecule has 1 saturated heterocycles. The number of amides is 1. The average molecular weight is 483 g/mol. The highest BCUT2D eigenvalue weighted by molar-refractivity contribution is 8.00. The molecule has 3 aromatic rings. The van der Waals surface area contributed by atoms with Crippen LogP contribution in [0.25, 0.3) is 10.9 Å². The van der Waals surface area contributed by atoms with Crippen molar-refractivity contribution in [1.29, 1.82) is 0 Å². The summed E-state index contributed by atoms with van der Waals surface area (Å²) in [5.74, 6) is 0.478. The molecule has 30 heavy (non-hydrogen) atoms. The molecule has 2 aromatic carbocycles. The number of halogens is 3. The van der Waals surface area contributed by atoms with Gasteiger partial charge in [-0.15, -0.1) is 11.8 Å². The van der Waals surface area contributed by atoms with Crippen molar-refractivity contribution < 1.29 is 10.0 Å². The van der Waals surface area contributed by atoms with Crippen molar-refractivity contribution in [2.45, 2.75) is 11.8 Å². The van der Waals surface area contributed by atoms with Gasteiger partial charge in [-0.2, -0.15) is 4.73 Å². The maximum Gasteiger partial charge on any atom is 0.233 e. The summed E-state index contributed by atoms with van der Waals surface area (Å²) in [6.07, 6.45) is 2.22. The molecule has 5 nitrogen and oxygen atoms in total. The summed E-state index contributed by atoms with van der Waals surface area (Å²) < 4.78 is 1.03. The molecular weight excluding hydrogens is 465 g/mol. The zero-order valence-corrected chi connectivity index (χ0v) is 18.8. The molecule has 1 unspecified atom stereocenters. The van der Waals surface area contributed by atoms with Crippen LogP contribution in [0.3, 0.4) is 0 Å². The molecule has 4 rings (SSSR count). The second kappa shape index (κ2) is 9.10. The first-order chi connectivity index (χ1) is 14.5. The standard InChI is InChI=1S/C21H18Cl3N3O2S/c22-13-5-6-14-17(7-10-27(29)18(14)11-13)25-8-2-9-26-19(28)12-30-21(26)20-15(23)3-1-4-16(20)24/h1,3-7,10-11,21,29H,2,8-9,12H2. The van der Waals surface area contributed by atoms with Crippen LogP contribution in [0, 0.1) is 0 Å². The first-order valence-corrected chi connectivity index (χ1v) is 11.5. The van der Waals surface area contributed by atoms with E-state index in [1.165, 1.54) is 18.0 Å². The van der Waals surface area contributed by atoms with Crippen molar-refractivity contribution in [1.82, 2.24) is 9.63 Å². The lowest BCUT2D eigenvalue weighted by molar-refractivity contribution is -0.128. The van der Waals surface area contributed by atoms with Gasteiger partial charge in [0.1, 0.15) is 5.37 Å². The van der Waals surface area contributed by atoms with Crippen LogP contribution in [0.2, 0.25) is 15.1 Å². The second-order valence-electron chi connectivity index (χ2n) is 6.83. The Morgan fingerprint density at radius 3 is 2.67 bits per heavy atom. The molecule has 0 spiro atoms. The van der Waals surface area contributed by atoms with Crippen molar-refractivity contribution in [3.05, 3.63) is 74.6 Å². The molecule has 0 bridgehead atoms. The van der Waals surface area contributed by atoms with Crippen molar-refractivity contribution in [3.8, 4) is 0 Å². The molecule has 1 atom stereocenters. The third-order valence-corrected chi connectivity index (χ3v) is 7.02. The number of aromatic nitrogens is 1. The Bertz CT molecular complexity index is 1160. The van der Waals surface area contributed by atoms with Gasteiger partial charge < -0.3 is 10.1 Å². The number of pyridine rings is 1. The molecule has 156 valence electrons. The van der Waals surface area contributed by atoms with E-state index in [0.29, 0.717) is 45.8 Å². The summed E-state index contributed by atoms with van der Waals surface area (Å²) in [6.45, 7) is 1.09. The maximum atomic E-state index is 12.4. The molecule has 1 amide bonds. The van der Waals surface area contributed by atoms with Gasteiger partial charge in [0.2, 0.25) is 5.91 Å². The van der Waals surface area contributed by atoms with Crippen LogP contribution >= 0.6 is 46.6 Å². The van der Waals surface area contributed by atoms with Gasteiger partial charge in [0, 0.05) is 45.3 Å². The van der Waals surface area contributed by atoms with Crippen LogP contribution in [-0.4, -0.2) is 39.6 Å². The van der Waals surface area contributed by atoms with Crippen LogP contribution in [-0.2, 0) is 4.79 Å². The maximum absolute atomic E-state index is 12.4. The molecule has 9 heteroatoms. The van der Waals surface area contributed by atoms with E-state index in [9.17, 15) is 10.0 Å². The largest absolute Gasteiger partial charge is 0.428 e. The average Bonchev–Trinajstić information content (AvgIpc) is 3.07. The Labute approximate surface area is 192 Å². The molecule has 1 fully saturated rings. The van der Waals surface area contributed by atoms with Gasteiger partial charge in [0.15, 0.2) is 0 Å². The number of fused-ring (bicyclic) bond motifs is 1. The minimum atomic E-state index is -0.188. The van der Waals surface area contributed by atoms with Gasteiger partial charge >= 0.3 is 0 Å². The Balaban J connectivity index is 1.51. The monoisotopic (exact) mass is 481 g/mol. The summed E-state index contributed by atoms with van der Waals surface area (Å²) in [5.41, 5.74) is 1.37. The van der Waals surface area contributed by atoms with Crippen molar-refractivity contribution >= 4 is 63.4 Å². The zero-order chi connectivity index (χ0) is 21.3. The number of carbonyl (C=O) groups is 1. The number of nitrogens with zero attached hydrogens (tertiary/aromatic N) is 3. The molecular formula is C21H18Cl3N3O2S. The van der Waals surface area contributed by atoms with Gasteiger partial charge in [-0.3, -0.25) is 9.79 Å². The second-order valence-corrected chi connectivity index (χ2v) is 9.15. The Morgan fingerprint density at radius 1 is 1.13 bits per heavy atom. The quantitative estimate of drug-likeness (QED) is 0.391. The van der Waals surface area contributed by atoms with Crippen molar-refractivity contribution in [3.63, 3.8) is 0 Å². The third kappa shape index (κ3) is 4.28. The molecule has 0 radical (unpaired) electrons. The summed E-state index contributed by atoms with van der Waals surface area (Å²) in [5, 5.41) is 13.0. The summed E-state index contributed by atoms with van der Waals surface area (Å²) in [4.78, 5) is 18.9. The Morgan fingerprint density at radius 2 is 1.90 bits per heavy atom. The molecule has 2 heterocycles. The summed E-state index contributed by atoms with van der Waals surface area (Å²) in [6, 6.07) is 12.4. The fourth-order valence-electron chi connectivity index (χ4n) is 3.48. The molecule has 1 aliphatic rings. The van der Waals surface area contributed by atoms with Gasteiger partial charge in [-0.1, -0.05) is 40.9 Å². The van der Waals surface area contributed by atoms with Crippen LogP contribution in [0.1, 0.15) is 17.4 Å². The number of rotatable bonds is 5. The lowest BCUT2D eigenvalue weighted by atomic mass is 10.2. The molecule has 1 N–H and O–H groups in total. The number of benzene rings is 2. The number of hydrogen-bond donors (Lipinski definition) is 1. The number of thioether (sulfide) groups is 1.